The molecule has 0 saturated carbocycles. The SMILES string of the molecule is CCOC(=O)C(C)C1CCc2ccc(Br)cc2OCC1=O. The number of ether oxygens (including phenoxy) is 2. The van der Waals surface area contributed by atoms with E-state index in [0.717, 1.165) is 15.8 Å². The quantitative estimate of drug-likeness (QED) is 0.782. The van der Waals surface area contributed by atoms with Crippen LogP contribution in [-0.4, -0.2) is 25.0 Å². The second-order valence-electron chi connectivity index (χ2n) is 5.19. The highest BCUT2D eigenvalue weighted by Crippen LogP contribution is 2.30. The number of hydrogen-bond acceptors (Lipinski definition) is 4. The van der Waals surface area contributed by atoms with Gasteiger partial charge in [0.05, 0.1) is 12.5 Å². The monoisotopic (exact) mass is 354 g/mol. The van der Waals surface area contributed by atoms with Crippen molar-refractivity contribution in [3.05, 3.63) is 28.2 Å². The molecule has 0 N–H and O–H groups in total. The second-order valence-corrected chi connectivity index (χ2v) is 6.11. The van der Waals surface area contributed by atoms with Gasteiger partial charge in [-0.1, -0.05) is 28.9 Å². The van der Waals surface area contributed by atoms with Crippen LogP contribution in [0.25, 0.3) is 0 Å². The fourth-order valence-corrected chi connectivity index (χ4v) is 2.90. The van der Waals surface area contributed by atoms with Gasteiger partial charge < -0.3 is 9.47 Å². The minimum absolute atomic E-state index is 0.00212. The molecule has 0 spiro atoms. The lowest BCUT2D eigenvalue weighted by Gasteiger charge is -2.24. The number of Topliss-reactive ketones (excluding diaryl/α,β-unsaturated/α-hetero) is 1. The van der Waals surface area contributed by atoms with Gasteiger partial charge in [0.25, 0.3) is 0 Å². The Balaban J connectivity index is 2.15. The van der Waals surface area contributed by atoms with Crippen molar-refractivity contribution in [1.82, 2.24) is 0 Å². The van der Waals surface area contributed by atoms with E-state index in [1.165, 1.54) is 0 Å². The van der Waals surface area contributed by atoms with Crippen LogP contribution in [0.4, 0.5) is 0 Å². The molecule has 4 nitrogen and oxygen atoms in total. The van der Waals surface area contributed by atoms with Crippen molar-refractivity contribution < 1.29 is 19.1 Å². The Morgan fingerprint density at radius 3 is 3.00 bits per heavy atom. The molecule has 0 aliphatic carbocycles. The van der Waals surface area contributed by atoms with E-state index in [4.69, 9.17) is 9.47 Å². The fraction of sp³-hybridized carbons (Fsp3) is 0.500. The van der Waals surface area contributed by atoms with Crippen molar-refractivity contribution in [2.45, 2.75) is 26.7 Å². The summed E-state index contributed by atoms with van der Waals surface area (Å²) in [5, 5.41) is 0. The van der Waals surface area contributed by atoms with Crippen molar-refractivity contribution in [2.75, 3.05) is 13.2 Å². The molecule has 0 amide bonds. The Kier molecular flexibility index (Phi) is 5.39. The van der Waals surface area contributed by atoms with Crippen LogP contribution in [0.3, 0.4) is 0 Å². The number of fused-ring (bicyclic) bond motifs is 1. The van der Waals surface area contributed by atoms with E-state index >= 15 is 0 Å². The largest absolute Gasteiger partial charge is 0.486 e. The number of carbonyl (C=O) groups is 2. The summed E-state index contributed by atoms with van der Waals surface area (Å²) in [4.78, 5) is 24.1. The summed E-state index contributed by atoms with van der Waals surface area (Å²) < 4.78 is 11.6. The van der Waals surface area contributed by atoms with Crippen LogP contribution < -0.4 is 4.74 Å². The van der Waals surface area contributed by atoms with E-state index in [-0.39, 0.29) is 24.3 Å². The molecule has 1 aliphatic rings. The fourth-order valence-electron chi connectivity index (χ4n) is 2.56. The Hall–Kier alpha value is -1.36. The predicted molar refractivity (Wildman–Crippen MR) is 82.3 cm³/mol. The molecule has 2 atom stereocenters. The molecule has 114 valence electrons. The number of aryl methyl sites for hydroxylation is 1. The first-order valence-corrected chi connectivity index (χ1v) is 7.92. The topological polar surface area (TPSA) is 52.6 Å². The van der Waals surface area contributed by atoms with Crippen LogP contribution in [0.5, 0.6) is 5.75 Å². The summed E-state index contributed by atoms with van der Waals surface area (Å²) >= 11 is 3.40. The highest BCUT2D eigenvalue weighted by Gasteiger charge is 2.32. The molecule has 2 rings (SSSR count). The van der Waals surface area contributed by atoms with Gasteiger partial charge in [-0.25, -0.2) is 0 Å². The van der Waals surface area contributed by atoms with Gasteiger partial charge in [0.2, 0.25) is 0 Å². The maximum atomic E-state index is 12.3. The summed E-state index contributed by atoms with van der Waals surface area (Å²) in [6.07, 6.45) is 1.35. The van der Waals surface area contributed by atoms with Gasteiger partial charge in [-0.05, 0) is 37.5 Å². The van der Waals surface area contributed by atoms with Crippen LogP contribution in [0.15, 0.2) is 22.7 Å². The molecule has 0 fully saturated rings. The van der Waals surface area contributed by atoms with Crippen LogP contribution >= 0.6 is 15.9 Å². The molecular formula is C16H19BrO4. The van der Waals surface area contributed by atoms with Gasteiger partial charge >= 0.3 is 5.97 Å². The minimum atomic E-state index is -0.432. The van der Waals surface area contributed by atoms with E-state index in [2.05, 4.69) is 15.9 Å². The standard InChI is InChI=1S/C16H19BrO4/c1-3-20-16(19)10(2)13-7-5-11-4-6-12(17)8-15(11)21-9-14(13)18/h4,6,8,10,13H,3,5,7,9H2,1-2H3. The zero-order chi connectivity index (χ0) is 15.4. The normalized spacial score (nSPS) is 19.8. The van der Waals surface area contributed by atoms with Crippen molar-refractivity contribution in [1.29, 1.82) is 0 Å². The summed E-state index contributed by atoms with van der Waals surface area (Å²) in [5.74, 6) is -0.396. The summed E-state index contributed by atoms with van der Waals surface area (Å²) in [6.45, 7) is 3.85. The van der Waals surface area contributed by atoms with Gasteiger partial charge in [-0.2, -0.15) is 0 Å². The molecule has 0 aromatic heterocycles. The molecule has 0 radical (unpaired) electrons. The molecule has 0 bridgehead atoms. The van der Waals surface area contributed by atoms with Crippen molar-refractivity contribution in [2.24, 2.45) is 11.8 Å². The molecule has 1 aromatic rings. The van der Waals surface area contributed by atoms with E-state index < -0.39 is 5.92 Å². The molecule has 1 aromatic carbocycles. The summed E-state index contributed by atoms with van der Waals surface area (Å²) in [7, 11) is 0. The Bertz CT molecular complexity index is 541. The third-order valence-electron chi connectivity index (χ3n) is 3.80. The van der Waals surface area contributed by atoms with Gasteiger partial charge in [0.1, 0.15) is 12.4 Å². The average molecular weight is 355 g/mol. The van der Waals surface area contributed by atoms with Gasteiger partial charge in [0.15, 0.2) is 5.78 Å². The minimum Gasteiger partial charge on any atom is -0.486 e. The Labute approximate surface area is 132 Å². The maximum Gasteiger partial charge on any atom is 0.309 e. The first-order valence-electron chi connectivity index (χ1n) is 7.13. The summed E-state index contributed by atoms with van der Waals surface area (Å²) in [5.41, 5.74) is 1.06. The van der Waals surface area contributed by atoms with E-state index in [9.17, 15) is 9.59 Å². The molecule has 2 unspecified atom stereocenters. The number of carbonyl (C=O) groups excluding carboxylic acids is 2. The third-order valence-corrected chi connectivity index (χ3v) is 4.29. The van der Waals surface area contributed by atoms with Crippen LogP contribution in [0, 0.1) is 11.8 Å². The Morgan fingerprint density at radius 2 is 2.29 bits per heavy atom. The van der Waals surface area contributed by atoms with Crippen molar-refractivity contribution in [3.63, 3.8) is 0 Å². The molecule has 1 heterocycles. The van der Waals surface area contributed by atoms with E-state index in [1.807, 2.05) is 18.2 Å². The number of ketones is 1. The number of benzene rings is 1. The molecular weight excluding hydrogens is 336 g/mol. The smallest absolute Gasteiger partial charge is 0.309 e. The molecule has 5 heteroatoms. The second kappa shape index (κ2) is 7.07. The van der Waals surface area contributed by atoms with Gasteiger partial charge in [0, 0.05) is 10.4 Å². The first-order chi connectivity index (χ1) is 10.0. The molecule has 21 heavy (non-hydrogen) atoms. The van der Waals surface area contributed by atoms with Gasteiger partial charge in [-0.3, -0.25) is 9.59 Å². The average Bonchev–Trinajstić information content (AvgIpc) is 2.45. The lowest BCUT2D eigenvalue weighted by atomic mass is 9.84. The van der Waals surface area contributed by atoms with Gasteiger partial charge in [-0.15, -0.1) is 0 Å². The van der Waals surface area contributed by atoms with Crippen molar-refractivity contribution >= 4 is 27.7 Å². The third kappa shape index (κ3) is 3.84. The molecule has 0 saturated heterocycles. The number of rotatable bonds is 3. The predicted octanol–water partition coefficient (Wildman–Crippen LogP) is 3.16. The molecule has 1 aliphatic heterocycles. The van der Waals surface area contributed by atoms with Crippen molar-refractivity contribution in [3.8, 4) is 5.75 Å². The highest BCUT2D eigenvalue weighted by molar-refractivity contribution is 9.10. The zero-order valence-electron chi connectivity index (χ0n) is 12.2. The number of esters is 1. The zero-order valence-corrected chi connectivity index (χ0v) is 13.8. The van der Waals surface area contributed by atoms with E-state index in [0.29, 0.717) is 19.4 Å². The highest BCUT2D eigenvalue weighted by atomic mass is 79.9. The number of halogens is 1. The van der Waals surface area contributed by atoms with E-state index in [1.54, 1.807) is 13.8 Å². The van der Waals surface area contributed by atoms with Crippen LogP contribution in [0.1, 0.15) is 25.8 Å². The lowest BCUT2D eigenvalue weighted by Crippen LogP contribution is -2.34. The Morgan fingerprint density at radius 1 is 1.52 bits per heavy atom. The first kappa shape index (κ1) is 16.0. The number of hydrogen-bond donors (Lipinski definition) is 0. The summed E-state index contributed by atoms with van der Waals surface area (Å²) in [6, 6.07) is 5.81. The van der Waals surface area contributed by atoms with Crippen LogP contribution in [-0.2, 0) is 20.7 Å². The van der Waals surface area contributed by atoms with Crippen LogP contribution in [0.2, 0.25) is 0 Å². The maximum absolute atomic E-state index is 12.3. The lowest BCUT2D eigenvalue weighted by molar-refractivity contribution is -0.152.